The third-order valence-electron chi connectivity index (χ3n) is 3.64. The number of rotatable bonds is 4. The Morgan fingerprint density at radius 2 is 1.57 bits per heavy atom. The SMILES string of the molecule is O=C(O)CN1C(=O)C(=O)N(Cc2cccc3ccccc23)C1=O. The minimum Gasteiger partial charge on any atom is -0.480 e. The summed E-state index contributed by atoms with van der Waals surface area (Å²) in [6, 6.07) is 12.0. The fourth-order valence-electron chi connectivity index (χ4n) is 2.57. The predicted octanol–water partition coefficient (Wildman–Crippen LogP) is 1.22. The number of aliphatic carboxylic acids is 1. The highest BCUT2D eigenvalue weighted by atomic mass is 16.4. The van der Waals surface area contributed by atoms with Crippen molar-refractivity contribution in [3.05, 3.63) is 48.0 Å². The first-order chi connectivity index (χ1) is 11.0. The van der Waals surface area contributed by atoms with E-state index >= 15 is 0 Å². The van der Waals surface area contributed by atoms with Crippen LogP contribution >= 0.6 is 0 Å². The van der Waals surface area contributed by atoms with E-state index in [1.54, 1.807) is 12.1 Å². The monoisotopic (exact) mass is 312 g/mol. The fourth-order valence-corrected chi connectivity index (χ4v) is 2.57. The van der Waals surface area contributed by atoms with E-state index in [0.717, 1.165) is 15.7 Å². The first kappa shape index (κ1) is 14.7. The van der Waals surface area contributed by atoms with Crippen LogP contribution in [-0.2, 0) is 20.9 Å². The Kier molecular flexibility index (Phi) is 3.53. The number of hydrogen-bond donors (Lipinski definition) is 1. The van der Waals surface area contributed by atoms with Gasteiger partial charge >= 0.3 is 23.8 Å². The summed E-state index contributed by atoms with van der Waals surface area (Å²) >= 11 is 0. The second-order valence-electron chi connectivity index (χ2n) is 5.10. The molecule has 0 aromatic heterocycles. The molecule has 0 radical (unpaired) electrons. The molecule has 2 aromatic carbocycles. The van der Waals surface area contributed by atoms with E-state index in [0.29, 0.717) is 10.5 Å². The fraction of sp³-hybridized carbons (Fsp3) is 0.125. The number of carbonyl (C=O) groups excluding carboxylic acids is 3. The molecule has 1 aliphatic rings. The molecule has 0 atom stereocenters. The standard InChI is InChI=1S/C16H12N2O5/c19-13(20)9-18-15(22)14(21)17(16(18)23)8-11-6-3-5-10-4-1-2-7-12(10)11/h1-7H,8-9H2,(H,19,20). The smallest absolute Gasteiger partial charge is 0.335 e. The Labute approximate surface area is 130 Å². The van der Waals surface area contributed by atoms with E-state index in [-0.39, 0.29) is 6.54 Å². The van der Waals surface area contributed by atoms with Crippen LogP contribution in [0.2, 0.25) is 0 Å². The molecule has 1 aliphatic heterocycles. The molecule has 116 valence electrons. The summed E-state index contributed by atoms with van der Waals surface area (Å²) in [5.74, 6) is -3.48. The molecule has 0 aliphatic carbocycles. The molecule has 0 bridgehead atoms. The average Bonchev–Trinajstić information content (AvgIpc) is 2.73. The van der Waals surface area contributed by atoms with Crippen LogP contribution in [0.5, 0.6) is 0 Å². The van der Waals surface area contributed by atoms with Gasteiger partial charge in [-0.2, -0.15) is 0 Å². The zero-order chi connectivity index (χ0) is 16.6. The summed E-state index contributed by atoms with van der Waals surface area (Å²) in [5.41, 5.74) is 0.703. The van der Waals surface area contributed by atoms with Gasteiger partial charge in [-0.3, -0.25) is 19.3 Å². The van der Waals surface area contributed by atoms with Crippen molar-refractivity contribution < 1.29 is 24.3 Å². The molecule has 2 aromatic rings. The maximum Gasteiger partial charge on any atom is 0.335 e. The molecular formula is C16H12N2O5. The van der Waals surface area contributed by atoms with Gasteiger partial charge in [-0.25, -0.2) is 9.69 Å². The molecule has 4 amide bonds. The molecule has 1 heterocycles. The van der Waals surface area contributed by atoms with Crippen LogP contribution in [0.25, 0.3) is 10.8 Å². The summed E-state index contributed by atoms with van der Waals surface area (Å²) in [6.45, 7) is -0.906. The molecular weight excluding hydrogens is 300 g/mol. The molecule has 1 N–H and O–H groups in total. The number of carboxylic acids is 1. The van der Waals surface area contributed by atoms with Crippen molar-refractivity contribution in [1.82, 2.24) is 9.80 Å². The highest BCUT2D eigenvalue weighted by Crippen LogP contribution is 2.22. The lowest BCUT2D eigenvalue weighted by atomic mass is 10.0. The second-order valence-corrected chi connectivity index (χ2v) is 5.10. The van der Waals surface area contributed by atoms with Gasteiger partial charge in [0.05, 0.1) is 6.54 Å². The number of benzene rings is 2. The van der Waals surface area contributed by atoms with Crippen molar-refractivity contribution in [2.45, 2.75) is 6.54 Å². The van der Waals surface area contributed by atoms with Gasteiger partial charge in [0.15, 0.2) is 0 Å². The number of hydrogen-bond acceptors (Lipinski definition) is 4. The van der Waals surface area contributed by atoms with Crippen molar-refractivity contribution in [2.75, 3.05) is 6.54 Å². The number of amides is 4. The van der Waals surface area contributed by atoms with Gasteiger partial charge in [0.1, 0.15) is 6.54 Å². The molecule has 23 heavy (non-hydrogen) atoms. The van der Waals surface area contributed by atoms with Crippen LogP contribution in [0.3, 0.4) is 0 Å². The Morgan fingerprint density at radius 1 is 0.913 bits per heavy atom. The van der Waals surface area contributed by atoms with Crippen LogP contribution in [0.4, 0.5) is 4.79 Å². The minimum atomic E-state index is -1.36. The summed E-state index contributed by atoms with van der Waals surface area (Å²) in [4.78, 5) is 47.8. The average molecular weight is 312 g/mol. The number of carboxylic acid groups (broad SMARTS) is 1. The van der Waals surface area contributed by atoms with Crippen LogP contribution in [-0.4, -0.2) is 45.3 Å². The van der Waals surface area contributed by atoms with Gasteiger partial charge < -0.3 is 5.11 Å². The van der Waals surface area contributed by atoms with E-state index in [9.17, 15) is 19.2 Å². The van der Waals surface area contributed by atoms with Crippen LogP contribution < -0.4 is 0 Å². The number of imide groups is 2. The van der Waals surface area contributed by atoms with E-state index < -0.39 is 30.4 Å². The van der Waals surface area contributed by atoms with Crippen LogP contribution in [0.1, 0.15) is 5.56 Å². The maximum atomic E-state index is 12.1. The molecule has 7 nitrogen and oxygen atoms in total. The van der Waals surface area contributed by atoms with Crippen molar-refractivity contribution in [1.29, 1.82) is 0 Å². The summed E-state index contributed by atoms with van der Waals surface area (Å²) < 4.78 is 0. The van der Waals surface area contributed by atoms with Gasteiger partial charge in [-0.05, 0) is 16.3 Å². The van der Waals surface area contributed by atoms with Crippen molar-refractivity contribution in [2.24, 2.45) is 0 Å². The predicted molar refractivity (Wildman–Crippen MR) is 79.2 cm³/mol. The summed E-state index contributed by atoms with van der Waals surface area (Å²) in [6.07, 6.45) is 0. The van der Waals surface area contributed by atoms with Gasteiger partial charge in [-0.1, -0.05) is 42.5 Å². The molecule has 0 saturated carbocycles. The van der Waals surface area contributed by atoms with Gasteiger partial charge in [0.2, 0.25) is 0 Å². The Balaban J connectivity index is 1.93. The van der Waals surface area contributed by atoms with E-state index in [1.165, 1.54) is 0 Å². The maximum absolute atomic E-state index is 12.1. The number of fused-ring (bicyclic) bond motifs is 1. The highest BCUT2D eigenvalue weighted by molar-refractivity contribution is 6.44. The minimum absolute atomic E-state index is 0.0825. The van der Waals surface area contributed by atoms with E-state index in [2.05, 4.69) is 0 Å². The molecule has 0 spiro atoms. The van der Waals surface area contributed by atoms with Crippen molar-refractivity contribution in [3.8, 4) is 0 Å². The molecule has 0 unspecified atom stereocenters. The topological polar surface area (TPSA) is 95.0 Å². The Bertz CT molecular complexity index is 840. The quantitative estimate of drug-likeness (QED) is 0.676. The van der Waals surface area contributed by atoms with Crippen molar-refractivity contribution >= 4 is 34.6 Å². The van der Waals surface area contributed by atoms with Crippen LogP contribution in [0.15, 0.2) is 42.5 Å². The number of carbonyl (C=O) groups is 4. The summed E-state index contributed by atoms with van der Waals surface area (Å²) in [5, 5.41) is 10.5. The van der Waals surface area contributed by atoms with Crippen LogP contribution in [0, 0.1) is 0 Å². The third kappa shape index (κ3) is 2.52. The van der Waals surface area contributed by atoms with Gasteiger partial charge in [0.25, 0.3) is 0 Å². The lowest BCUT2D eigenvalue weighted by Gasteiger charge is -2.15. The third-order valence-corrected chi connectivity index (χ3v) is 3.64. The second kappa shape index (κ2) is 5.53. The molecule has 1 fully saturated rings. The van der Waals surface area contributed by atoms with Gasteiger partial charge in [0, 0.05) is 0 Å². The lowest BCUT2D eigenvalue weighted by molar-refractivity contribution is -0.146. The molecule has 1 saturated heterocycles. The largest absolute Gasteiger partial charge is 0.480 e. The first-order valence-electron chi connectivity index (χ1n) is 6.85. The first-order valence-corrected chi connectivity index (χ1v) is 6.85. The highest BCUT2D eigenvalue weighted by Gasteiger charge is 2.45. The lowest BCUT2D eigenvalue weighted by Crippen LogP contribution is -2.36. The number of nitrogens with zero attached hydrogens (tertiary/aromatic N) is 2. The zero-order valence-electron chi connectivity index (χ0n) is 11.9. The van der Waals surface area contributed by atoms with Gasteiger partial charge in [-0.15, -0.1) is 0 Å². The van der Waals surface area contributed by atoms with E-state index in [1.807, 2.05) is 30.3 Å². The molecule has 3 rings (SSSR count). The Morgan fingerprint density at radius 3 is 2.30 bits per heavy atom. The van der Waals surface area contributed by atoms with E-state index in [4.69, 9.17) is 5.11 Å². The Hall–Kier alpha value is -3.22. The normalized spacial score (nSPS) is 14.9. The van der Waals surface area contributed by atoms with Crippen molar-refractivity contribution in [3.63, 3.8) is 0 Å². The zero-order valence-corrected chi connectivity index (χ0v) is 11.9. The molecule has 7 heteroatoms. The number of urea groups is 1. The summed E-state index contributed by atoms with van der Waals surface area (Å²) in [7, 11) is 0.